The summed E-state index contributed by atoms with van der Waals surface area (Å²) < 4.78 is 0. The number of halogens is 1. The van der Waals surface area contributed by atoms with Crippen molar-refractivity contribution in [3.05, 3.63) is 11.1 Å². The lowest BCUT2D eigenvalue weighted by atomic mass is 9.93. The molecule has 0 atom stereocenters. The topological polar surface area (TPSA) is 40.9 Å². The summed E-state index contributed by atoms with van der Waals surface area (Å²) in [5.74, 6) is 0. The number of allylic oxidation sites excluding steroid dienone is 2. The fourth-order valence-corrected chi connectivity index (χ4v) is 1.45. The summed E-state index contributed by atoms with van der Waals surface area (Å²) in [6.07, 6.45) is 3.35. The minimum atomic E-state index is -0.457. The van der Waals surface area contributed by atoms with Crippen LogP contribution in [0.4, 0.5) is 0 Å². The lowest BCUT2D eigenvalue weighted by Crippen LogP contribution is -2.03. The molecule has 0 heterocycles. The van der Waals surface area contributed by atoms with Crippen LogP contribution in [-0.4, -0.2) is 5.24 Å². The molecule has 0 aromatic carbocycles. The number of nitrogens with zero attached hydrogens (tertiary/aromatic N) is 1. The van der Waals surface area contributed by atoms with E-state index in [1.54, 1.807) is 0 Å². The summed E-state index contributed by atoms with van der Waals surface area (Å²) in [6.45, 7) is 0. The van der Waals surface area contributed by atoms with Crippen LogP contribution in [0.5, 0.6) is 0 Å². The van der Waals surface area contributed by atoms with Gasteiger partial charge in [0.2, 0.25) is 5.24 Å². The minimum Gasteiger partial charge on any atom is -0.276 e. The molecular weight excluding hydrogens is 162 g/mol. The van der Waals surface area contributed by atoms with Crippen molar-refractivity contribution in [1.82, 2.24) is 0 Å². The van der Waals surface area contributed by atoms with Crippen molar-refractivity contribution in [2.75, 3.05) is 0 Å². The van der Waals surface area contributed by atoms with Crippen molar-refractivity contribution in [2.45, 2.75) is 25.7 Å². The molecule has 11 heavy (non-hydrogen) atoms. The molecule has 0 saturated heterocycles. The lowest BCUT2D eigenvalue weighted by molar-refractivity contribution is -0.108. The number of carbonyl (C=O) groups excluding carboxylic acids is 1. The van der Waals surface area contributed by atoms with E-state index >= 15 is 0 Å². The van der Waals surface area contributed by atoms with Crippen molar-refractivity contribution in [3.63, 3.8) is 0 Å². The van der Waals surface area contributed by atoms with Crippen LogP contribution in [-0.2, 0) is 4.79 Å². The molecule has 0 aliphatic heterocycles. The SMILES string of the molecule is N#CC1=C(C(=O)Cl)CCCC1. The van der Waals surface area contributed by atoms with Crippen LogP contribution in [0.25, 0.3) is 0 Å². The second kappa shape index (κ2) is 3.54. The Morgan fingerprint density at radius 3 is 2.55 bits per heavy atom. The van der Waals surface area contributed by atoms with Crippen LogP contribution >= 0.6 is 11.6 Å². The first-order chi connectivity index (χ1) is 5.25. The summed E-state index contributed by atoms with van der Waals surface area (Å²) in [4.78, 5) is 10.7. The number of nitriles is 1. The quantitative estimate of drug-likeness (QED) is 0.565. The maximum absolute atomic E-state index is 10.7. The second-order valence-electron chi connectivity index (χ2n) is 2.55. The van der Waals surface area contributed by atoms with Crippen LogP contribution in [0.1, 0.15) is 25.7 Å². The fraction of sp³-hybridized carbons (Fsp3) is 0.500. The summed E-state index contributed by atoms with van der Waals surface area (Å²) in [6, 6.07) is 2.01. The van der Waals surface area contributed by atoms with E-state index in [9.17, 15) is 4.79 Å². The first kappa shape index (κ1) is 8.29. The van der Waals surface area contributed by atoms with Crippen LogP contribution in [0, 0.1) is 11.3 Å². The zero-order chi connectivity index (χ0) is 8.27. The standard InChI is InChI=1S/C8H8ClNO/c9-8(11)7-4-2-1-3-6(7)5-10/h1-4H2. The highest BCUT2D eigenvalue weighted by atomic mass is 35.5. The number of rotatable bonds is 1. The van der Waals surface area contributed by atoms with Gasteiger partial charge in [-0.15, -0.1) is 0 Å². The molecule has 0 aromatic heterocycles. The molecule has 0 radical (unpaired) electrons. The monoisotopic (exact) mass is 169 g/mol. The highest BCUT2D eigenvalue weighted by molar-refractivity contribution is 6.67. The van der Waals surface area contributed by atoms with Gasteiger partial charge in [0, 0.05) is 11.1 Å². The van der Waals surface area contributed by atoms with E-state index < -0.39 is 5.24 Å². The predicted molar refractivity (Wildman–Crippen MR) is 42.0 cm³/mol. The van der Waals surface area contributed by atoms with Gasteiger partial charge < -0.3 is 0 Å². The van der Waals surface area contributed by atoms with Gasteiger partial charge in [-0.3, -0.25) is 4.79 Å². The van der Waals surface area contributed by atoms with Crippen molar-refractivity contribution in [2.24, 2.45) is 0 Å². The molecule has 0 bridgehead atoms. The molecule has 0 fully saturated rings. The third-order valence-corrected chi connectivity index (χ3v) is 2.07. The summed E-state index contributed by atoms with van der Waals surface area (Å²) in [5.41, 5.74) is 1.11. The Bertz CT molecular complexity index is 249. The average Bonchev–Trinajstić information content (AvgIpc) is 2.04. The van der Waals surface area contributed by atoms with Gasteiger partial charge in [-0.1, -0.05) is 0 Å². The molecule has 3 heteroatoms. The van der Waals surface area contributed by atoms with E-state index in [0.29, 0.717) is 24.0 Å². The van der Waals surface area contributed by atoms with Crippen LogP contribution < -0.4 is 0 Å². The zero-order valence-electron chi connectivity index (χ0n) is 6.06. The smallest absolute Gasteiger partial charge is 0.249 e. The second-order valence-corrected chi connectivity index (χ2v) is 2.89. The van der Waals surface area contributed by atoms with E-state index in [1.807, 2.05) is 6.07 Å². The summed E-state index contributed by atoms with van der Waals surface area (Å²) in [5, 5.41) is 8.13. The lowest BCUT2D eigenvalue weighted by Gasteiger charge is -2.11. The normalized spacial score (nSPS) is 17.8. The van der Waals surface area contributed by atoms with Gasteiger partial charge in [0.1, 0.15) is 0 Å². The molecule has 0 N–H and O–H groups in total. The molecule has 1 rings (SSSR count). The molecule has 1 aliphatic carbocycles. The van der Waals surface area contributed by atoms with Gasteiger partial charge in [0.15, 0.2) is 0 Å². The molecule has 0 amide bonds. The largest absolute Gasteiger partial charge is 0.276 e. The molecule has 0 spiro atoms. The Hall–Kier alpha value is -0.810. The number of hydrogen-bond donors (Lipinski definition) is 0. The number of hydrogen-bond acceptors (Lipinski definition) is 2. The van der Waals surface area contributed by atoms with Crippen molar-refractivity contribution in [3.8, 4) is 6.07 Å². The maximum atomic E-state index is 10.7. The molecular formula is C8H8ClNO. The van der Waals surface area contributed by atoms with Crippen molar-refractivity contribution >= 4 is 16.8 Å². The van der Waals surface area contributed by atoms with Gasteiger partial charge in [0.05, 0.1) is 6.07 Å². The number of carbonyl (C=O) groups is 1. The third kappa shape index (κ3) is 1.81. The maximum Gasteiger partial charge on any atom is 0.249 e. The molecule has 0 aromatic rings. The predicted octanol–water partition coefficient (Wildman–Crippen LogP) is 2.15. The highest BCUT2D eigenvalue weighted by Gasteiger charge is 2.16. The van der Waals surface area contributed by atoms with E-state index in [1.165, 1.54) is 0 Å². The Labute approximate surface area is 70.5 Å². The van der Waals surface area contributed by atoms with Crippen LogP contribution in [0.2, 0.25) is 0 Å². The van der Waals surface area contributed by atoms with Gasteiger partial charge in [0.25, 0.3) is 0 Å². The van der Waals surface area contributed by atoms with Crippen LogP contribution in [0.15, 0.2) is 11.1 Å². The van der Waals surface area contributed by atoms with Gasteiger partial charge in [-0.25, -0.2) is 0 Å². The van der Waals surface area contributed by atoms with Gasteiger partial charge in [-0.05, 0) is 37.3 Å². The molecule has 0 unspecified atom stereocenters. The van der Waals surface area contributed by atoms with E-state index in [4.69, 9.17) is 16.9 Å². The summed E-state index contributed by atoms with van der Waals surface area (Å²) >= 11 is 5.28. The Balaban J connectivity index is 2.93. The highest BCUT2D eigenvalue weighted by Crippen LogP contribution is 2.25. The van der Waals surface area contributed by atoms with Gasteiger partial charge >= 0.3 is 0 Å². The third-order valence-electron chi connectivity index (χ3n) is 1.84. The molecule has 2 nitrogen and oxygen atoms in total. The first-order valence-electron chi connectivity index (χ1n) is 3.57. The van der Waals surface area contributed by atoms with E-state index in [-0.39, 0.29) is 0 Å². The Morgan fingerprint density at radius 1 is 1.45 bits per heavy atom. The average molecular weight is 170 g/mol. The first-order valence-corrected chi connectivity index (χ1v) is 3.95. The van der Waals surface area contributed by atoms with E-state index in [2.05, 4.69) is 0 Å². The van der Waals surface area contributed by atoms with E-state index in [0.717, 1.165) is 12.8 Å². The Morgan fingerprint density at radius 2 is 2.09 bits per heavy atom. The Kier molecular flexibility index (Phi) is 2.67. The zero-order valence-corrected chi connectivity index (χ0v) is 6.82. The van der Waals surface area contributed by atoms with Crippen molar-refractivity contribution in [1.29, 1.82) is 5.26 Å². The molecule has 1 aliphatic rings. The van der Waals surface area contributed by atoms with Crippen LogP contribution in [0.3, 0.4) is 0 Å². The summed E-state index contributed by atoms with van der Waals surface area (Å²) in [7, 11) is 0. The molecule has 0 saturated carbocycles. The minimum absolute atomic E-state index is 0.457. The molecule has 58 valence electrons. The fourth-order valence-electron chi connectivity index (χ4n) is 1.25. The van der Waals surface area contributed by atoms with Crippen molar-refractivity contribution < 1.29 is 4.79 Å². The van der Waals surface area contributed by atoms with Gasteiger partial charge in [-0.2, -0.15) is 5.26 Å².